The minimum Gasteiger partial charge on any atom is -0.484 e. The number of nitrogens with one attached hydrogen (secondary N) is 1. The highest BCUT2D eigenvalue weighted by atomic mass is 19.1. The second-order valence-electron chi connectivity index (χ2n) is 8.01. The molecule has 2 fully saturated rings. The summed E-state index contributed by atoms with van der Waals surface area (Å²) in [5.74, 6) is 0.144. The van der Waals surface area contributed by atoms with Crippen LogP contribution in [0.1, 0.15) is 44.9 Å². The van der Waals surface area contributed by atoms with Crippen LogP contribution in [0.2, 0.25) is 0 Å². The molecule has 29 heavy (non-hydrogen) atoms. The van der Waals surface area contributed by atoms with E-state index >= 15 is 0 Å². The first kappa shape index (κ1) is 21.6. The number of halogens is 1. The van der Waals surface area contributed by atoms with Crippen molar-refractivity contribution in [3.8, 4) is 5.75 Å². The smallest absolute Gasteiger partial charge is 0.260 e. The van der Waals surface area contributed by atoms with Crippen molar-refractivity contribution in [2.75, 3.05) is 39.3 Å². The van der Waals surface area contributed by atoms with Crippen LogP contribution in [-0.2, 0) is 9.59 Å². The molecule has 1 aromatic carbocycles. The molecule has 7 heteroatoms. The molecule has 6 nitrogen and oxygen atoms in total. The molecule has 0 atom stereocenters. The van der Waals surface area contributed by atoms with Crippen LogP contribution >= 0.6 is 0 Å². The van der Waals surface area contributed by atoms with Gasteiger partial charge in [0.25, 0.3) is 5.91 Å². The van der Waals surface area contributed by atoms with E-state index in [-0.39, 0.29) is 24.2 Å². The van der Waals surface area contributed by atoms with Crippen molar-refractivity contribution in [2.24, 2.45) is 0 Å². The first-order valence-corrected chi connectivity index (χ1v) is 10.8. The lowest BCUT2D eigenvalue weighted by molar-refractivity contribution is -0.135. The molecule has 1 heterocycles. The topological polar surface area (TPSA) is 61.9 Å². The van der Waals surface area contributed by atoms with Crippen LogP contribution in [0.4, 0.5) is 4.39 Å². The molecule has 1 saturated carbocycles. The fourth-order valence-corrected chi connectivity index (χ4v) is 4.00. The second kappa shape index (κ2) is 11.1. The van der Waals surface area contributed by atoms with Gasteiger partial charge in [0.1, 0.15) is 11.6 Å². The molecule has 0 radical (unpaired) electrons. The summed E-state index contributed by atoms with van der Waals surface area (Å²) in [4.78, 5) is 28.6. The summed E-state index contributed by atoms with van der Waals surface area (Å²) in [7, 11) is 0. The van der Waals surface area contributed by atoms with Crippen LogP contribution in [-0.4, -0.2) is 67.0 Å². The normalized spacial score (nSPS) is 19.3. The van der Waals surface area contributed by atoms with Gasteiger partial charge in [0.2, 0.25) is 5.91 Å². The van der Waals surface area contributed by atoms with Gasteiger partial charge >= 0.3 is 0 Å². The third kappa shape index (κ3) is 7.31. The zero-order chi connectivity index (χ0) is 20.5. The Kier molecular flexibility index (Phi) is 8.28. The van der Waals surface area contributed by atoms with Gasteiger partial charge in [-0.15, -0.1) is 0 Å². The van der Waals surface area contributed by atoms with Gasteiger partial charge < -0.3 is 15.0 Å². The van der Waals surface area contributed by atoms with Gasteiger partial charge in [-0.1, -0.05) is 32.1 Å². The van der Waals surface area contributed by atoms with Crippen molar-refractivity contribution < 1.29 is 18.7 Å². The highest BCUT2D eigenvalue weighted by Crippen LogP contribution is 2.17. The molecule has 0 bridgehead atoms. The highest BCUT2D eigenvalue weighted by Gasteiger charge is 2.23. The summed E-state index contributed by atoms with van der Waals surface area (Å²) < 4.78 is 18.3. The van der Waals surface area contributed by atoms with Gasteiger partial charge in [-0.25, -0.2) is 4.39 Å². The standard InChI is InChI=1S/C22H32FN3O3/c23-18-8-10-20(11-9-18)29-17-22(28)26-14-12-25(13-15-26)16-21(27)24-19-6-4-2-1-3-5-7-19/h8-11,19H,1-7,12-17H2,(H,24,27). The third-order valence-corrected chi connectivity index (χ3v) is 5.74. The summed E-state index contributed by atoms with van der Waals surface area (Å²) in [5, 5.41) is 3.20. The van der Waals surface area contributed by atoms with Gasteiger partial charge in [-0.2, -0.15) is 0 Å². The van der Waals surface area contributed by atoms with E-state index in [1.54, 1.807) is 4.90 Å². The van der Waals surface area contributed by atoms with Crippen LogP contribution in [0, 0.1) is 5.82 Å². The Labute approximate surface area is 172 Å². The molecule has 0 unspecified atom stereocenters. The number of amides is 2. The molecule has 0 aromatic heterocycles. The van der Waals surface area contributed by atoms with Crippen molar-refractivity contribution in [1.29, 1.82) is 0 Å². The summed E-state index contributed by atoms with van der Waals surface area (Å²) in [5.41, 5.74) is 0. The fourth-order valence-electron chi connectivity index (χ4n) is 4.00. The zero-order valence-corrected chi connectivity index (χ0v) is 17.1. The molecule has 160 valence electrons. The number of hydrogen-bond acceptors (Lipinski definition) is 4. The monoisotopic (exact) mass is 405 g/mol. The van der Waals surface area contributed by atoms with Crippen molar-refractivity contribution in [1.82, 2.24) is 15.1 Å². The molecule has 2 aliphatic rings. The average Bonchev–Trinajstić information content (AvgIpc) is 2.70. The van der Waals surface area contributed by atoms with E-state index in [4.69, 9.17) is 4.74 Å². The van der Waals surface area contributed by atoms with Crippen molar-refractivity contribution in [3.63, 3.8) is 0 Å². The van der Waals surface area contributed by atoms with E-state index in [0.717, 1.165) is 12.8 Å². The molecule has 3 rings (SSSR count). The van der Waals surface area contributed by atoms with Crippen LogP contribution in [0.15, 0.2) is 24.3 Å². The van der Waals surface area contributed by atoms with Crippen LogP contribution in [0.25, 0.3) is 0 Å². The molecular weight excluding hydrogens is 373 g/mol. The third-order valence-electron chi connectivity index (χ3n) is 5.74. The Bertz CT molecular complexity index is 652. The number of carbonyl (C=O) groups excluding carboxylic acids is 2. The van der Waals surface area contributed by atoms with Crippen LogP contribution < -0.4 is 10.1 Å². The SMILES string of the molecule is O=C(CN1CCN(C(=O)COc2ccc(F)cc2)CC1)NC1CCCCCCC1. The lowest BCUT2D eigenvalue weighted by Gasteiger charge is -2.34. The van der Waals surface area contributed by atoms with E-state index in [1.807, 2.05) is 0 Å². The number of carbonyl (C=O) groups is 2. The number of nitrogens with zero attached hydrogens (tertiary/aromatic N) is 2. The van der Waals surface area contributed by atoms with Gasteiger partial charge in [0.05, 0.1) is 6.54 Å². The zero-order valence-electron chi connectivity index (χ0n) is 17.1. The summed E-state index contributed by atoms with van der Waals surface area (Å²) in [6.07, 6.45) is 8.43. The Balaban J connectivity index is 1.34. The fraction of sp³-hybridized carbons (Fsp3) is 0.636. The van der Waals surface area contributed by atoms with E-state index < -0.39 is 0 Å². The predicted molar refractivity (Wildman–Crippen MR) is 109 cm³/mol. The summed E-state index contributed by atoms with van der Waals surface area (Å²) in [6, 6.07) is 5.94. The van der Waals surface area contributed by atoms with Crippen molar-refractivity contribution in [2.45, 2.75) is 51.0 Å². The second-order valence-corrected chi connectivity index (χ2v) is 8.01. The Morgan fingerprint density at radius 1 is 0.966 bits per heavy atom. The maximum Gasteiger partial charge on any atom is 0.260 e. The van der Waals surface area contributed by atoms with E-state index in [1.165, 1.54) is 56.4 Å². The van der Waals surface area contributed by atoms with Gasteiger partial charge in [-0.05, 0) is 37.1 Å². The highest BCUT2D eigenvalue weighted by molar-refractivity contribution is 5.79. The van der Waals surface area contributed by atoms with Crippen molar-refractivity contribution in [3.05, 3.63) is 30.1 Å². The van der Waals surface area contributed by atoms with Crippen LogP contribution in [0.5, 0.6) is 5.75 Å². The average molecular weight is 406 g/mol. The number of rotatable bonds is 6. The minimum atomic E-state index is -0.335. The number of ether oxygens (including phenoxy) is 1. The van der Waals surface area contributed by atoms with Crippen molar-refractivity contribution >= 4 is 11.8 Å². The Morgan fingerprint density at radius 2 is 1.59 bits per heavy atom. The first-order valence-electron chi connectivity index (χ1n) is 10.8. The first-order chi connectivity index (χ1) is 14.1. The molecular formula is C22H32FN3O3. The molecule has 0 spiro atoms. The molecule has 1 saturated heterocycles. The van der Waals surface area contributed by atoms with Gasteiger partial charge in [0, 0.05) is 32.2 Å². The van der Waals surface area contributed by atoms with Crippen LogP contribution in [0.3, 0.4) is 0 Å². The maximum absolute atomic E-state index is 12.9. The quantitative estimate of drug-likeness (QED) is 0.790. The van der Waals surface area contributed by atoms with Gasteiger partial charge in [-0.3, -0.25) is 14.5 Å². The lowest BCUT2D eigenvalue weighted by atomic mass is 9.97. The van der Waals surface area contributed by atoms with E-state index in [0.29, 0.717) is 44.5 Å². The minimum absolute atomic E-state index is 0.0617. The predicted octanol–water partition coefficient (Wildman–Crippen LogP) is 2.58. The summed E-state index contributed by atoms with van der Waals surface area (Å²) in [6.45, 7) is 2.86. The number of hydrogen-bond donors (Lipinski definition) is 1. The Hall–Kier alpha value is -2.15. The molecule has 2 amide bonds. The maximum atomic E-state index is 12.9. The van der Waals surface area contributed by atoms with E-state index in [9.17, 15) is 14.0 Å². The van der Waals surface area contributed by atoms with E-state index in [2.05, 4.69) is 10.2 Å². The van der Waals surface area contributed by atoms with Gasteiger partial charge in [0.15, 0.2) is 6.61 Å². The number of benzene rings is 1. The lowest BCUT2D eigenvalue weighted by Crippen LogP contribution is -2.52. The summed E-state index contributed by atoms with van der Waals surface area (Å²) >= 11 is 0. The molecule has 1 aromatic rings. The number of piperazine rings is 1. The molecule has 1 N–H and O–H groups in total. The molecule has 1 aliphatic heterocycles. The Morgan fingerprint density at radius 3 is 2.24 bits per heavy atom. The largest absolute Gasteiger partial charge is 0.484 e. The molecule has 1 aliphatic carbocycles.